The van der Waals surface area contributed by atoms with E-state index < -0.39 is 34.6 Å². The molecular weight excluding hydrogens is 422 g/mol. The largest absolute Gasteiger partial charge is 0.471 e. The van der Waals surface area contributed by atoms with Crippen molar-refractivity contribution >= 4 is 17.1 Å². The van der Waals surface area contributed by atoms with Crippen LogP contribution in [0.15, 0.2) is 56.8 Å². The summed E-state index contributed by atoms with van der Waals surface area (Å²) in [7, 11) is 0. The van der Waals surface area contributed by atoms with E-state index >= 15 is 0 Å². The Morgan fingerprint density at radius 1 is 1.06 bits per heavy atom. The third-order valence-corrected chi connectivity index (χ3v) is 4.28. The smallest absolute Gasteiger partial charge is 0.376 e. The van der Waals surface area contributed by atoms with Crippen molar-refractivity contribution in [1.82, 2.24) is 15.1 Å². The molecule has 2 heterocycles. The van der Waals surface area contributed by atoms with E-state index in [0.29, 0.717) is 5.69 Å². The molecule has 0 atom stereocenters. The van der Waals surface area contributed by atoms with Gasteiger partial charge >= 0.3 is 12.1 Å². The molecule has 0 bridgehead atoms. The highest BCUT2D eigenvalue weighted by atomic mass is 19.4. The lowest BCUT2D eigenvalue weighted by Gasteiger charge is -2.15. The molecule has 0 saturated heterocycles. The quantitative estimate of drug-likeness (QED) is 0.352. The number of rotatable bonds is 6. The fourth-order valence-corrected chi connectivity index (χ4v) is 2.73. The molecule has 2 aromatic heterocycles. The van der Waals surface area contributed by atoms with Gasteiger partial charge in [0.15, 0.2) is 0 Å². The first-order valence-electron chi connectivity index (χ1n) is 8.68. The summed E-state index contributed by atoms with van der Waals surface area (Å²) in [5.41, 5.74) is -0.884. The van der Waals surface area contributed by atoms with Gasteiger partial charge in [-0.2, -0.15) is 18.2 Å². The Balaban J connectivity index is 1.49. The summed E-state index contributed by atoms with van der Waals surface area (Å²) >= 11 is 0. The molecule has 158 valence electrons. The highest BCUT2D eigenvalue weighted by Crippen LogP contribution is 2.30. The van der Waals surface area contributed by atoms with Gasteiger partial charge in [0, 0.05) is 23.9 Å². The Morgan fingerprint density at radius 3 is 2.48 bits per heavy atom. The fourth-order valence-electron chi connectivity index (χ4n) is 2.73. The fraction of sp³-hybridized carbons (Fsp3) is 0.105. The second kappa shape index (κ2) is 7.63. The number of hydrogen-bond donors (Lipinski definition) is 2. The van der Waals surface area contributed by atoms with Crippen LogP contribution in [0.25, 0.3) is 11.4 Å². The summed E-state index contributed by atoms with van der Waals surface area (Å²) in [6, 6.07) is 6.83. The number of halogens is 4. The van der Waals surface area contributed by atoms with Crippen LogP contribution in [0.1, 0.15) is 11.5 Å². The van der Waals surface area contributed by atoms with Crippen LogP contribution in [0.4, 0.5) is 34.6 Å². The first-order valence-corrected chi connectivity index (χ1v) is 8.68. The van der Waals surface area contributed by atoms with E-state index in [1.54, 1.807) is 12.1 Å². The van der Waals surface area contributed by atoms with Gasteiger partial charge in [0.2, 0.25) is 5.82 Å². The minimum atomic E-state index is -4.81. The molecule has 0 aliphatic carbocycles. The van der Waals surface area contributed by atoms with Gasteiger partial charge in [0.05, 0.1) is 11.9 Å². The highest BCUT2D eigenvalue weighted by molar-refractivity contribution is 5.78. The first kappa shape index (κ1) is 20.2. The number of benzene rings is 1. The Morgan fingerprint density at radius 2 is 1.84 bits per heavy atom. The Bertz CT molecular complexity index is 1310. The van der Waals surface area contributed by atoms with Crippen LogP contribution < -0.4 is 21.5 Å². The van der Waals surface area contributed by atoms with E-state index in [-0.39, 0.29) is 29.0 Å². The monoisotopic (exact) mass is 433 g/mol. The minimum Gasteiger partial charge on any atom is -0.376 e. The molecule has 0 aliphatic rings. The van der Waals surface area contributed by atoms with Crippen molar-refractivity contribution in [1.29, 1.82) is 0 Å². The number of pyridine rings is 1. The minimum absolute atomic E-state index is 0.00897. The number of nitrogens with one attached hydrogen (secondary N) is 2. The van der Waals surface area contributed by atoms with Gasteiger partial charge in [-0.1, -0.05) is 17.3 Å². The van der Waals surface area contributed by atoms with E-state index in [1.807, 2.05) is 0 Å². The predicted octanol–water partition coefficient (Wildman–Crippen LogP) is 3.24. The molecule has 0 amide bonds. The summed E-state index contributed by atoms with van der Waals surface area (Å²) < 4.78 is 56.2. The maximum absolute atomic E-state index is 14.4. The molecule has 31 heavy (non-hydrogen) atoms. The topological polar surface area (TPSA) is 110 Å². The van der Waals surface area contributed by atoms with Crippen molar-refractivity contribution in [3.63, 3.8) is 0 Å². The SMILES string of the molecule is O=c1c(NCc2ccc(-c3noc(C(F)(F)F)n3)cc2F)c(Nc2cccnc2)c1=O. The van der Waals surface area contributed by atoms with E-state index in [2.05, 4.69) is 30.3 Å². The average molecular weight is 433 g/mol. The zero-order chi connectivity index (χ0) is 22.2. The van der Waals surface area contributed by atoms with E-state index in [0.717, 1.165) is 6.07 Å². The molecular formula is C19H11F4N5O3. The third-order valence-electron chi connectivity index (χ3n) is 4.28. The average Bonchev–Trinajstić information content (AvgIpc) is 3.25. The van der Waals surface area contributed by atoms with Crippen LogP contribution in [-0.2, 0) is 12.7 Å². The van der Waals surface area contributed by atoms with Gasteiger partial charge in [-0.15, -0.1) is 0 Å². The molecule has 0 unspecified atom stereocenters. The Hall–Kier alpha value is -4.09. The van der Waals surface area contributed by atoms with Crippen molar-refractivity contribution in [3.8, 4) is 11.4 Å². The second-order valence-corrected chi connectivity index (χ2v) is 6.36. The number of hydrogen-bond acceptors (Lipinski definition) is 8. The summed E-state index contributed by atoms with van der Waals surface area (Å²) in [5.74, 6) is -2.73. The van der Waals surface area contributed by atoms with E-state index in [4.69, 9.17) is 0 Å². The molecule has 8 nitrogen and oxygen atoms in total. The van der Waals surface area contributed by atoms with Crippen molar-refractivity contribution in [2.45, 2.75) is 12.7 Å². The zero-order valence-electron chi connectivity index (χ0n) is 15.3. The highest BCUT2D eigenvalue weighted by Gasteiger charge is 2.38. The van der Waals surface area contributed by atoms with Gasteiger partial charge in [0.1, 0.15) is 17.2 Å². The molecule has 0 radical (unpaired) electrons. The summed E-state index contributed by atoms with van der Waals surface area (Å²) in [6.45, 7) is -0.154. The maximum atomic E-state index is 14.4. The first-order chi connectivity index (χ1) is 14.7. The van der Waals surface area contributed by atoms with Gasteiger partial charge in [-0.25, -0.2) is 4.39 Å². The molecule has 2 N–H and O–H groups in total. The van der Waals surface area contributed by atoms with Crippen molar-refractivity contribution in [2.24, 2.45) is 0 Å². The van der Waals surface area contributed by atoms with Crippen LogP contribution in [-0.4, -0.2) is 15.1 Å². The maximum Gasteiger partial charge on any atom is 0.471 e. The van der Waals surface area contributed by atoms with Gasteiger partial charge in [0.25, 0.3) is 10.9 Å². The Kier molecular flexibility index (Phi) is 4.97. The molecule has 4 rings (SSSR count). The van der Waals surface area contributed by atoms with Gasteiger partial charge in [-0.05, 0) is 18.2 Å². The normalized spacial score (nSPS) is 11.6. The summed E-state index contributed by atoms with van der Waals surface area (Å²) in [5, 5.41) is 8.67. The molecule has 0 saturated carbocycles. The molecule has 4 aromatic rings. The Labute approximate surface area is 170 Å². The lowest BCUT2D eigenvalue weighted by Crippen LogP contribution is -2.36. The molecule has 12 heteroatoms. The molecule has 0 aliphatic heterocycles. The van der Waals surface area contributed by atoms with Gasteiger partial charge < -0.3 is 15.2 Å². The van der Waals surface area contributed by atoms with Gasteiger partial charge in [-0.3, -0.25) is 14.6 Å². The number of nitrogens with zero attached hydrogens (tertiary/aromatic N) is 3. The van der Waals surface area contributed by atoms with Crippen LogP contribution in [0.2, 0.25) is 0 Å². The summed E-state index contributed by atoms with van der Waals surface area (Å²) in [4.78, 5) is 30.8. The molecule has 2 aromatic carbocycles. The van der Waals surface area contributed by atoms with Crippen molar-refractivity contribution < 1.29 is 22.1 Å². The number of aromatic nitrogens is 3. The van der Waals surface area contributed by atoms with Crippen LogP contribution in [0, 0.1) is 5.82 Å². The number of anilines is 3. The van der Waals surface area contributed by atoms with Crippen molar-refractivity contribution in [3.05, 3.63) is 80.4 Å². The third kappa shape index (κ3) is 3.99. The van der Waals surface area contributed by atoms with Crippen LogP contribution >= 0.6 is 0 Å². The molecule has 0 spiro atoms. The lowest BCUT2D eigenvalue weighted by molar-refractivity contribution is -0.159. The zero-order valence-corrected chi connectivity index (χ0v) is 15.3. The van der Waals surface area contributed by atoms with Crippen molar-refractivity contribution in [2.75, 3.05) is 10.6 Å². The van der Waals surface area contributed by atoms with E-state index in [9.17, 15) is 27.2 Å². The van der Waals surface area contributed by atoms with Crippen LogP contribution in [0.3, 0.4) is 0 Å². The summed E-state index contributed by atoms with van der Waals surface area (Å²) in [6.07, 6.45) is -1.81. The molecule has 0 fully saturated rings. The van der Waals surface area contributed by atoms with Crippen LogP contribution in [0.5, 0.6) is 0 Å². The lowest BCUT2D eigenvalue weighted by atomic mass is 10.1. The van der Waals surface area contributed by atoms with E-state index in [1.165, 1.54) is 24.5 Å². The standard InChI is InChI=1S/C19H11F4N5O3/c20-12-6-9(17-27-18(31-28-17)19(21,22)23)3-4-10(12)7-25-13-14(16(30)15(13)29)26-11-2-1-5-24-8-11/h1-6,8,25-26H,7H2. The second-order valence-electron chi connectivity index (χ2n) is 6.36. The predicted molar refractivity (Wildman–Crippen MR) is 101 cm³/mol. The number of alkyl halides is 3.